The van der Waals surface area contributed by atoms with Crippen LogP contribution in [0.5, 0.6) is 6.01 Å². The molecule has 5 fully saturated rings. The number of nitriles is 1. The average molecular weight is 660 g/mol. The minimum absolute atomic E-state index is 0.0222. The van der Waals surface area contributed by atoms with E-state index in [-0.39, 0.29) is 43.3 Å². The third-order valence-electron chi connectivity index (χ3n) is 10.6. The number of anilines is 2. The summed E-state index contributed by atoms with van der Waals surface area (Å²) >= 11 is 0.973. The number of thiophene rings is 1. The van der Waals surface area contributed by atoms with Crippen LogP contribution in [0.1, 0.15) is 57.9 Å². The smallest absolute Gasteiger partial charge is 0.319 e. The van der Waals surface area contributed by atoms with Crippen molar-refractivity contribution in [2.75, 3.05) is 50.0 Å². The predicted molar refractivity (Wildman–Crippen MR) is 178 cm³/mol. The monoisotopic (exact) mass is 659 g/mol. The second-order valence-electron chi connectivity index (χ2n) is 14.4. The molecule has 47 heavy (non-hydrogen) atoms. The highest BCUT2D eigenvalue weighted by atomic mass is 32.1. The first-order valence-electron chi connectivity index (χ1n) is 16.7. The van der Waals surface area contributed by atoms with Crippen LogP contribution >= 0.6 is 11.3 Å². The first kappa shape index (κ1) is 30.7. The van der Waals surface area contributed by atoms with Crippen molar-refractivity contribution in [3.05, 3.63) is 35.5 Å². The molecule has 4 atom stereocenters. The first-order chi connectivity index (χ1) is 22.7. The maximum atomic E-state index is 16.8. The van der Waals surface area contributed by atoms with Crippen LogP contribution in [0.25, 0.3) is 32.2 Å². The van der Waals surface area contributed by atoms with Crippen molar-refractivity contribution < 1.29 is 18.3 Å². The standard InChI is InChI=1S/C35H39F2N7O2S/c1-19-3-4-20(2)14-43(13-19)33-25-12-40-29(23-7-8-26(36)31-27(23)24(11-38)32(39)47-31)28(37)30(25)41-34(42-33)46-18-35(9-10-35)17-44-15-22-6-5-21(44)16-45-22/h7-8,12,19-22H,3-6,9-10,13-18,39H2,1-2H3. The number of nitrogen functional groups attached to an aromatic ring is 1. The van der Waals surface area contributed by atoms with Gasteiger partial charge in [-0.05, 0) is 62.5 Å². The Hall–Kier alpha value is -3.66. The van der Waals surface area contributed by atoms with Crippen LogP contribution in [0, 0.1) is 40.2 Å². The summed E-state index contributed by atoms with van der Waals surface area (Å²) in [6.45, 7) is 9.20. The normalized spacial score (nSPS) is 25.6. The number of benzene rings is 1. The van der Waals surface area contributed by atoms with Gasteiger partial charge in [0.1, 0.15) is 33.9 Å². The lowest BCUT2D eigenvalue weighted by atomic mass is 9.95. The molecule has 1 aromatic carbocycles. The molecule has 246 valence electrons. The first-order valence-corrected chi connectivity index (χ1v) is 17.5. The summed E-state index contributed by atoms with van der Waals surface area (Å²) in [5, 5.41) is 10.8. The van der Waals surface area contributed by atoms with Gasteiger partial charge in [-0.25, -0.2) is 8.78 Å². The highest BCUT2D eigenvalue weighted by Crippen LogP contribution is 2.48. The Morgan fingerprint density at radius 1 is 1.11 bits per heavy atom. The van der Waals surface area contributed by atoms with Crippen molar-refractivity contribution in [3.8, 4) is 23.3 Å². The molecular formula is C35H39F2N7O2S. The van der Waals surface area contributed by atoms with Gasteiger partial charge in [0.25, 0.3) is 0 Å². The van der Waals surface area contributed by atoms with E-state index < -0.39 is 11.6 Å². The van der Waals surface area contributed by atoms with Crippen LogP contribution in [0.2, 0.25) is 0 Å². The van der Waals surface area contributed by atoms with E-state index in [2.05, 4.69) is 39.7 Å². The van der Waals surface area contributed by atoms with Crippen LogP contribution in [0.15, 0.2) is 18.3 Å². The van der Waals surface area contributed by atoms with E-state index in [4.69, 9.17) is 20.2 Å². The molecule has 4 aromatic rings. The number of halogens is 2. The number of ether oxygens (including phenoxy) is 2. The fourth-order valence-corrected chi connectivity index (χ4v) is 8.72. The van der Waals surface area contributed by atoms with Gasteiger partial charge in [0, 0.05) is 54.8 Å². The van der Waals surface area contributed by atoms with Crippen molar-refractivity contribution in [1.82, 2.24) is 19.9 Å². The lowest BCUT2D eigenvalue weighted by Crippen LogP contribution is -2.56. The molecule has 3 aromatic heterocycles. The highest BCUT2D eigenvalue weighted by molar-refractivity contribution is 7.23. The maximum Gasteiger partial charge on any atom is 0.319 e. The Labute approximate surface area is 276 Å². The Morgan fingerprint density at radius 2 is 1.89 bits per heavy atom. The third kappa shape index (κ3) is 5.56. The number of hydrogen-bond acceptors (Lipinski definition) is 10. The van der Waals surface area contributed by atoms with Gasteiger partial charge in [-0.2, -0.15) is 15.2 Å². The molecule has 2 bridgehead atoms. The molecule has 0 spiro atoms. The van der Waals surface area contributed by atoms with Gasteiger partial charge in [-0.3, -0.25) is 9.88 Å². The van der Waals surface area contributed by atoms with Gasteiger partial charge in [-0.1, -0.05) is 13.8 Å². The topological polar surface area (TPSA) is 113 Å². The fourth-order valence-electron chi connectivity index (χ4n) is 7.77. The fraction of sp³-hybridized carbons (Fsp3) is 0.543. The van der Waals surface area contributed by atoms with Gasteiger partial charge in [0.05, 0.1) is 35.0 Å². The largest absolute Gasteiger partial charge is 0.463 e. The SMILES string of the molecule is CC1CCC(C)CN(c2nc(OCC3(CN4CC5CCC4CO5)CC3)nc3c(F)c(-c4ccc(F)c5sc(N)c(C#N)c45)ncc23)C1. The molecule has 9 rings (SSSR count). The molecule has 7 heterocycles. The molecule has 4 aliphatic heterocycles. The zero-order chi connectivity index (χ0) is 32.4. The van der Waals surface area contributed by atoms with Gasteiger partial charge < -0.3 is 20.1 Å². The maximum absolute atomic E-state index is 16.8. The summed E-state index contributed by atoms with van der Waals surface area (Å²) in [4.78, 5) is 18.9. The Bertz CT molecular complexity index is 1890. The number of fused-ring (bicyclic) bond motifs is 5. The zero-order valence-corrected chi connectivity index (χ0v) is 27.6. The minimum atomic E-state index is -0.668. The van der Waals surface area contributed by atoms with E-state index in [1.54, 1.807) is 6.20 Å². The number of nitrogens with two attached hydrogens (primary N) is 1. The molecule has 0 radical (unpaired) electrons. The van der Waals surface area contributed by atoms with Crippen molar-refractivity contribution >= 4 is 43.1 Å². The van der Waals surface area contributed by atoms with Gasteiger partial charge in [0.15, 0.2) is 5.82 Å². The van der Waals surface area contributed by atoms with E-state index in [1.165, 1.54) is 18.6 Å². The van der Waals surface area contributed by atoms with Gasteiger partial charge in [-0.15, -0.1) is 11.3 Å². The number of morpholine rings is 1. The van der Waals surface area contributed by atoms with Crippen molar-refractivity contribution in [1.29, 1.82) is 5.26 Å². The molecule has 4 saturated heterocycles. The summed E-state index contributed by atoms with van der Waals surface area (Å²) in [6.07, 6.45) is 8.58. The molecule has 1 saturated carbocycles. The molecule has 4 unspecified atom stereocenters. The number of aromatic nitrogens is 3. The summed E-state index contributed by atoms with van der Waals surface area (Å²) in [7, 11) is 0. The Balaban J connectivity index is 1.19. The van der Waals surface area contributed by atoms with Gasteiger partial charge >= 0.3 is 6.01 Å². The Morgan fingerprint density at radius 3 is 2.55 bits per heavy atom. The third-order valence-corrected chi connectivity index (χ3v) is 11.7. The molecule has 0 amide bonds. The molecule has 5 aliphatic rings. The van der Waals surface area contributed by atoms with E-state index >= 15 is 4.39 Å². The summed E-state index contributed by atoms with van der Waals surface area (Å²) in [6, 6.07) is 5.39. The lowest BCUT2D eigenvalue weighted by Gasteiger charge is -2.46. The average Bonchev–Trinajstić information content (AvgIpc) is 3.78. The molecule has 9 nitrogen and oxygen atoms in total. The van der Waals surface area contributed by atoms with Crippen LogP contribution < -0.4 is 15.4 Å². The van der Waals surface area contributed by atoms with E-state index in [0.717, 1.165) is 76.2 Å². The lowest BCUT2D eigenvalue weighted by molar-refractivity contribution is -0.112. The molecule has 12 heteroatoms. The number of hydrogen-bond donors (Lipinski definition) is 1. The minimum Gasteiger partial charge on any atom is -0.463 e. The molecule has 1 aliphatic carbocycles. The van der Waals surface area contributed by atoms with Crippen LogP contribution in [-0.4, -0.2) is 71.4 Å². The summed E-state index contributed by atoms with van der Waals surface area (Å²) in [5.74, 6) is 0.295. The van der Waals surface area contributed by atoms with Crippen LogP contribution in [-0.2, 0) is 4.74 Å². The number of pyridine rings is 1. The second kappa shape index (κ2) is 11.8. The highest BCUT2D eigenvalue weighted by Gasteiger charge is 2.48. The quantitative estimate of drug-likeness (QED) is 0.237. The van der Waals surface area contributed by atoms with E-state index in [9.17, 15) is 9.65 Å². The van der Waals surface area contributed by atoms with Gasteiger partial charge in [0.2, 0.25) is 0 Å². The molecule has 2 N–H and O–H groups in total. The molecular weight excluding hydrogens is 620 g/mol. The van der Waals surface area contributed by atoms with E-state index in [1.807, 2.05) is 0 Å². The summed E-state index contributed by atoms with van der Waals surface area (Å²) < 4.78 is 44.2. The van der Waals surface area contributed by atoms with Crippen molar-refractivity contribution in [3.63, 3.8) is 0 Å². The number of rotatable bonds is 7. The zero-order valence-electron chi connectivity index (χ0n) is 26.8. The van der Waals surface area contributed by atoms with Crippen LogP contribution in [0.3, 0.4) is 0 Å². The van der Waals surface area contributed by atoms with Crippen molar-refractivity contribution in [2.45, 2.75) is 64.5 Å². The Kier molecular flexibility index (Phi) is 7.69. The number of piperidine rings is 1. The number of nitrogens with zero attached hydrogens (tertiary/aromatic N) is 6. The van der Waals surface area contributed by atoms with E-state index in [0.29, 0.717) is 47.4 Å². The predicted octanol–water partition coefficient (Wildman–Crippen LogP) is 6.53. The summed E-state index contributed by atoms with van der Waals surface area (Å²) in [5.41, 5.74) is 6.58. The second-order valence-corrected chi connectivity index (χ2v) is 15.4. The van der Waals surface area contributed by atoms with Crippen molar-refractivity contribution in [2.24, 2.45) is 17.3 Å². The van der Waals surface area contributed by atoms with Crippen LogP contribution in [0.4, 0.5) is 19.6 Å².